The van der Waals surface area contributed by atoms with E-state index in [2.05, 4.69) is 26.8 Å². The van der Waals surface area contributed by atoms with Crippen LogP contribution in [0.4, 0.5) is 0 Å². The average molecular weight is 697 g/mol. The highest BCUT2D eigenvalue weighted by Crippen LogP contribution is 2.16. The van der Waals surface area contributed by atoms with Crippen molar-refractivity contribution in [1.82, 2.24) is 0 Å². The fourth-order valence-electron chi connectivity index (χ4n) is 6.06. The summed E-state index contributed by atoms with van der Waals surface area (Å²) in [5, 5.41) is 30.3. The van der Waals surface area contributed by atoms with Gasteiger partial charge in [-0.25, -0.2) is 0 Å². The van der Waals surface area contributed by atoms with Gasteiger partial charge in [-0.1, -0.05) is 168 Å². The van der Waals surface area contributed by atoms with Gasteiger partial charge in [-0.3, -0.25) is 9.59 Å². The predicted octanol–water partition coefficient (Wildman–Crippen LogP) is 10.7. The molecule has 0 amide bonds. The van der Waals surface area contributed by atoms with Crippen LogP contribution >= 0.6 is 0 Å². The van der Waals surface area contributed by atoms with Crippen molar-refractivity contribution >= 4 is 11.9 Å². The number of esters is 2. The lowest BCUT2D eigenvalue weighted by Gasteiger charge is -2.16. The minimum Gasteiger partial charge on any atom is -0.463 e. The lowest BCUT2D eigenvalue weighted by molar-refractivity contribution is -0.152. The SMILES string of the molecule is CCCCC/C=C\C[C@@H](O)[C@H](O)CCCCCCCC(=O)OC[C@H](O)COC(=O)CCCCCCCCCCCCCCCCCC(C)C. The van der Waals surface area contributed by atoms with E-state index in [0.29, 0.717) is 25.7 Å². The first-order chi connectivity index (χ1) is 23.8. The standard InChI is InChI=1S/C42H80O7/c1-4-5-6-7-21-26-31-39(44)40(45)32-27-22-19-24-29-34-42(47)49-36-38(43)35-48-41(46)33-28-23-18-16-14-12-10-8-9-11-13-15-17-20-25-30-37(2)3/h21,26,37-40,43-45H,4-20,22-25,27-36H2,1-3H3/b26-21-/t38-,39-,40-/m1/s1. The number of unbranched alkanes of at least 4 members (excludes halogenated alkanes) is 21. The van der Waals surface area contributed by atoms with Crippen molar-refractivity contribution in [1.29, 1.82) is 0 Å². The van der Waals surface area contributed by atoms with Gasteiger partial charge in [0.15, 0.2) is 0 Å². The summed E-state index contributed by atoms with van der Waals surface area (Å²) < 4.78 is 10.3. The molecule has 0 saturated heterocycles. The maximum Gasteiger partial charge on any atom is 0.305 e. The number of hydrogen-bond donors (Lipinski definition) is 3. The summed E-state index contributed by atoms with van der Waals surface area (Å²) >= 11 is 0. The van der Waals surface area contributed by atoms with Crippen LogP contribution in [0, 0.1) is 5.92 Å². The van der Waals surface area contributed by atoms with E-state index >= 15 is 0 Å². The van der Waals surface area contributed by atoms with Crippen LogP contribution in [0.25, 0.3) is 0 Å². The topological polar surface area (TPSA) is 113 Å². The van der Waals surface area contributed by atoms with Gasteiger partial charge in [0.25, 0.3) is 0 Å². The molecule has 0 radical (unpaired) electrons. The van der Waals surface area contributed by atoms with Crippen LogP contribution in [0.5, 0.6) is 0 Å². The van der Waals surface area contributed by atoms with Crippen LogP contribution in [-0.4, -0.2) is 58.8 Å². The maximum atomic E-state index is 12.0. The van der Waals surface area contributed by atoms with E-state index in [9.17, 15) is 24.9 Å². The third-order valence-electron chi connectivity index (χ3n) is 9.38. The fraction of sp³-hybridized carbons (Fsp3) is 0.905. The van der Waals surface area contributed by atoms with Crippen LogP contribution in [0.1, 0.15) is 207 Å². The molecule has 49 heavy (non-hydrogen) atoms. The van der Waals surface area contributed by atoms with Gasteiger partial charge >= 0.3 is 11.9 Å². The molecule has 0 bridgehead atoms. The molecule has 290 valence electrons. The van der Waals surface area contributed by atoms with E-state index in [1.54, 1.807) is 0 Å². The van der Waals surface area contributed by atoms with Crippen molar-refractivity contribution < 1.29 is 34.4 Å². The number of ether oxygens (including phenoxy) is 2. The van der Waals surface area contributed by atoms with E-state index in [4.69, 9.17) is 9.47 Å². The van der Waals surface area contributed by atoms with E-state index in [0.717, 1.165) is 57.3 Å². The van der Waals surface area contributed by atoms with E-state index in [1.807, 2.05) is 6.08 Å². The molecule has 3 N–H and O–H groups in total. The number of rotatable bonds is 37. The number of carbonyl (C=O) groups excluding carboxylic acids is 2. The van der Waals surface area contributed by atoms with Crippen molar-refractivity contribution in [2.45, 2.75) is 225 Å². The van der Waals surface area contributed by atoms with Gasteiger partial charge in [0.1, 0.15) is 19.3 Å². The zero-order valence-electron chi connectivity index (χ0n) is 32.4. The highest BCUT2D eigenvalue weighted by Gasteiger charge is 2.14. The average Bonchev–Trinajstić information content (AvgIpc) is 3.08. The molecule has 7 heteroatoms. The van der Waals surface area contributed by atoms with Gasteiger partial charge < -0.3 is 24.8 Å². The minimum atomic E-state index is -1.01. The summed E-state index contributed by atoms with van der Waals surface area (Å²) in [6.45, 7) is 6.48. The largest absolute Gasteiger partial charge is 0.463 e. The lowest BCUT2D eigenvalue weighted by atomic mass is 10.0. The number of aliphatic hydroxyl groups is 3. The molecule has 0 aromatic heterocycles. The van der Waals surface area contributed by atoms with Crippen LogP contribution < -0.4 is 0 Å². The summed E-state index contributed by atoms with van der Waals surface area (Å²) in [6.07, 6.45) is 33.0. The Morgan fingerprint density at radius 2 is 0.918 bits per heavy atom. The van der Waals surface area contributed by atoms with Gasteiger partial charge in [-0.2, -0.15) is 0 Å². The third kappa shape index (κ3) is 36.2. The van der Waals surface area contributed by atoms with Gasteiger partial charge in [0.05, 0.1) is 12.2 Å². The summed E-state index contributed by atoms with van der Waals surface area (Å²) in [5.74, 6) is 0.183. The Morgan fingerprint density at radius 3 is 1.35 bits per heavy atom. The second-order valence-corrected chi connectivity index (χ2v) is 14.9. The molecule has 7 nitrogen and oxygen atoms in total. The van der Waals surface area contributed by atoms with Gasteiger partial charge in [0, 0.05) is 12.8 Å². The zero-order chi connectivity index (χ0) is 36.2. The number of allylic oxidation sites excluding steroid dienone is 1. The molecule has 0 aliphatic carbocycles. The minimum absolute atomic E-state index is 0.153. The predicted molar refractivity (Wildman–Crippen MR) is 203 cm³/mol. The van der Waals surface area contributed by atoms with Crippen LogP contribution in [0.2, 0.25) is 0 Å². The van der Waals surface area contributed by atoms with Gasteiger partial charge in [-0.15, -0.1) is 0 Å². The highest BCUT2D eigenvalue weighted by molar-refractivity contribution is 5.69. The molecule has 3 atom stereocenters. The van der Waals surface area contributed by atoms with Gasteiger partial charge in [0.2, 0.25) is 0 Å². The van der Waals surface area contributed by atoms with Crippen LogP contribution in [-0.2, 0) is 19.1 Å². The molecule has 0 aliphatic heterocycles. The molecule has 0 saturated carbocycles. The second kappa shape index (κ2) is 36.4. The molecule has 0 aliphatic rings. The van der Waals surface area contributed by atoms with Crippen LogP contribution in [0.3, 0.4) is 0 Å². The zero-order valence-corrected chi connectivity index (χ0v) is 32.4. The first-order valence-corrected chi connectivity index (χ1v) is 20.8. The Bertz CT molecular complexity index is 753. The fourth-order valence-corrected chi connectivity index (χ4v) is 6.06. The van der Waals surface area contributed by atoms with Crippen molar-refractivity contribution in [2.75, 3.05) is 13.2 Å². The smallest absolute Gasteiger partial charge is 0.305 e. The van der Waals surface area contributed by atoms with Crippen molar-refractivity contribution in [2.24, 2.45) is 5.92 Å². The molecule has 0 heterocycles. The molecule has 0 aromatic rings. The number of aliphatic hydroxyl groups excluding tert-OH is 3. The summed E-state index contributed by atoms with van der Waals surface area (Å²) in [7, 11) is 0. The van der Waals surface area contributed by atoms with Gasteiger partial charge in [-0.05, 0) is 44.4 Å². The highest BCUT2D eigenvalue weighted by atomic mass is 16.6. The van der Waals surface area contributed by atoms with Crippen molar-refractivity contribution in [3.63, 3.8) is 0 Å². The Morgan fingerprint density at radius 1 is 0.510 bits per heavy atom. The number of carbonyl (C=O) groups is 2. The summed E-state index contributed by atoms with van der Waals surface area (Å²) in [5.41, 5.74) is 0. The lowest BCUT2D eigenvalue weighted by Crippen LogP contribution is -2.25. The first kappa shape index (κ1) is 47.6. The molecular formula is C42H80O7. The Balaban J connectivity index is 3.51. The number of hydrogen-bond acceptors (Lipinski definition) is 7. The van der Waals surface area contributed by atoms with E-state index < -0.39 is 18.3 Å². The molecule has 0 unspecified atom stereocenters. The monoisotopic (exact) mass is 697 g/mol. The third-order valence-corrected chi connectivity index (χ3v) is 9.38. The normalized spacial score (nSPS) is 13.6. The molecule has 0 fully saturated rings. The Labute approximate surface area is 302 Å². The quantitative estimate of drug-likeness (QED) is 0.0336. The Kier molecular flexibility index (Phi) is 35.3. The summed E-state index contributed by atoms with van der Waals surface area (Å²) in [6, 6.07) is 0. The Hall–Kier alpha value is -1.44. The van der Waals surface area contributed by atoms with Crippen molar-refractivity contribution in [3.05, 3.63) is 12.2 Å². The molecule has 0 rings (SSSR count). The second-order valence-electron chi connectivity index (χ2n) is 14.9. The van der Waals surface area contributed by atoms with E-state index in [-0.39, 0.29) is 31.6 Å². The molecule has 0 spiro atoms. The first-order valence-electron chi connectivity index (χ1n) is 20.8. The van der Waals surface area contributed by atoms with E-state index in [1.165, 1.54) is 103 Å². The molecular weight excluding hydrogens is 616 g/mol. The van der Waals surface area contributed by atoms with Crippen LogP contribution in [0.15, 0.2) is 12.2 Å². The summed E-state index contributed by atoms with van der Waals surface area (Å²) in [4.78, 5) is 24.0. The van der Waals surface area contributed by atoms with Crippen molar-refractivity contribution in [3.8, 4) is 0 Å². The molecule has 0 aromatic carbocycles. The maximum absolute atomic E-state index is 12.0.